The van der Waals surface area contributed by atoms with Gasteiger partial charge in [0, 0.05) is 11.3 Å². The second-order valence-electron chi connectivity index (χ2n) is 5.64. The lowest BCUT2D eigenvalue weighted by molar-refractivity contribution is -0.139. The molecule has 1 aliphatic heterocycles. The highest BCUT2D eigenvalue weighted by Gasteiger charge is 2.20. The Labute approximate surface area is 160 Å². The van der Waals surface area contributed by atoms with Gasteiger partial charge in [-0.1, -0.05) is 30.0 Å². The van der Waals surface area contributed by atoms with E-state index in [4.69, 9.17) is 14.2 Å². The third-order valence-electron chi connectivity index (χ3n) is 3.90. The largest absolute Gasteiger partial charge is 0.465 e. The van der Waals surface area contributed by atoms with Gasteiger partial charge in [0.1, 0.15) is 0 Å². The summed E-state index contributed by atoms with van der Waals surface area (Å²) in [5, 5.41) is 9.26. The van der Waals surface area contributed by atoms with E-state index < -0.39 is 0 Å². The molecule has 0 N–H and O–H groups in total. The number of hydrogen-bond acceptors (Lipinski definition) is 7. The average Bonchev–Trinajstić information content (AvgIpc) is 3.33. The van der Waals surface area contributed by atoms with Crippen LogP contribution in [0.4, 0.5) is 0 Å². The molecule has 2 heterocycles. The van der Waals surface area contributed by atoms with Crippen LogP contribution in [-0.2, 0) is 9.53 Å². The third kappa shape index (κ3) is 3.61. The molecular weight excluding hydrogens is 366 g/mol. The number of para-hydroxylation sites is 1. The minimum Gasteiger partial charge on any atom is -0.465 e. The van der Waals surface area contributed by atoms with Crippen molar-refractivity contribution < 1.29 is 19.0 Å². The van der Waals surface area contributed by atoms with Gasteiger partial charge in [0.05, 0.1) is 12.4 Å². The monoisotopic (exact) mass is 383 g/mol. The number of nitrogens with zero attached hydrogens (tertiary/aromatic N) is 3. The van der Waals surface area contributed by atoms with Crippen molar-refractivity contribution in [3.05, 3.63) is 48.5 Å². The van der Waals surface area contributed by atoms with Crippen LogP contribution in [0.3, 0.4) is 0 Å². The Hall–Kier alpha value is -3.00. The molecule has 0 atom stereocenters. The topological polar surface area (TPSA) is 75.5 Å². The van der Waals surface area contributed by atoms with Crippen LogP contribution < -0.4 is 9.47 Å². The fourth-order valence-corrected chi connectivity index (χ4v) is 3.47. The van der Waals surface area contributed by atoms with E-state index in [0.29, 0.717) is 29.1 Å². The molecule has 0 bridgehead atoms. The summed E-state index contributed by atoms with van der Waals surface area (Å²) in [6.45, 7) is 2.35. The van der Waals surface area contributed by atoms with E-state index in [1.807, 2.05) is 53.1 Å². The van der Waals surface area contributed by atoms with Crippen molar-refractivity contribution in [2.24, 2.45) is 0 Å². The number of ether oxygens (including phenoxy) is 3. The van der Waals surface area contributed by atoms with Crippen LogP contribution in [0.2, 0.25) is 0 Å². The van der Waals surface area contributed by atoms with Crippen LogP contribution >= 0.6 is 11.8 Å². The summed E-state index contributed by atoms with van der Waals surface area (Å²) in [7, 11) is 0. The van der Waals surface area contributed by atoms with Gasteiger partial charge in [-0.3, -0.25) is 9.36 Å². The average molecular weight is 383 g/mol. The molecule has 0 saturated carbocycles. The van der Waals surface area contributed by atoms with E-state index in [-0.39, 0.29) is 18.5 Å². The van der Waals surface area contributed by atoms with Gasteiger partial charge in [-0.05, 0) is 37.3 Å². The van der Waals surface area contributed by atoms with E-state index in [9.17, 15) is 4.79 Å². The highest BCUT2D eigenvalue weighted by atomic mass is 32.2. The summed E-state index contributed by atoms with van der Waals surface area (Å²) in [6.07, 6.45) is 0. The lowest BCUT2D eigenvalue weighted by atomic mass is 10.2. The van der Waals surface area contributed by atoms with Crippen molar-refractivity contribution in [3.8, 4) is 28.6 Å². The van der Waals surface area contributed by atoms with Gasteiger partial charge >= 0.3 is 5.97 Å². The van der Waals surface area contributed by atoms with Gasteiger partial charge in [0.2, 0.25) is 6.79 Å². The van der Waals surface area contributed by atoms with Gasteiger partial charge in [-0.2, -0.15) is 0 Å². The van der Waals surface area contributed by atoms with E-state index in [1.165, 1.54) is 11.8 Å². The lowest BCUT2D eigenvalue weighted by Gasteiger charge is -2.10. The zero-order chi connectivity index (χ0) is 18.6. The van der Waals surface area contributed by atoms with Crippen molar-refractivity contribution in [1.82, 2.24) is 14.8 Å². The van der Waals surface area contributed by atoms with Gasteiger partial charge < -0.3 is 14.2 Å². The fraction of sp³-hybridized carbons (Fsp3) is 0.211. The van der Waals surface area contributed by atoms with Gasteiger partial charge in [0.25, 0.3) is 0 Å². The lowest BCUT2D eigenvalue weighted by Crippen LogP contribution is -2.08. The molecule has 0 spiro atoms. The van der Waals surface area contributed by atoms with Crippen LogP contribution in [0.15, 0.2) is 53.7 Å². The minimum absolute atomic E-state index is 0.167. The van der Waals surface area contributed by atoms with Gasteiger partial charge in [-0.25, -0.2) is 0 Å². The first-order chi connectivity index (χ1) is 13.3. The van der Waals surface area contributed by atoms with E-state index in [1.54, 1.807) is 6.92 Å². The zero-order valence-electron chi connectivity index (χ0n) is 14.6. The number of benzene rings is 2. The molecule has 0 aliphatic carbocycles. The van der Waals surface area contributed by atoms with Crippen LogP contribution in [0.1, 0.15) is 6.92 Å². The van der Waals surface area contributed by atoms with Crippen molar-refractivity contribution in [1.29, 1.82) is 0 Å². The number of fused-ring (bicyclic) bond motifs is 1. The Balaban J connectivity index is 1.72. The molecule has 7 nitrogen and oxygen atoms in total. The highest BCUT2D eigenvalue weighted by molar-refractivity contribution is 7.99. The first kappa shape index (κ1) is 17.4. The number of aromatic nitrogens is 3. The maximum absolute atomic E-state index is 11.7. The zero-order valence-corrected chi connectivity index (χ0v) is 15.4. The molecule has 27 heavy (non-hydrogen) atoms. The summed E-state index contributed by atoms with van der Waals surface area (Å²) in [5.74, 6) is 1.93. The van der Waals surface area contributed by atoms with Crippen molar-refractivity contribution in [2.75, 3.05) is 19.2 Å². The molecule has 0 amide bonds. The van der Waals surface area contributed by atoms with Gasteiger partial charge in [-0.15, -0.1) is 10.2 Å². The summed E-state index contributed by atoms with van der Waals surface area (Å²) in [6, 6.07) is 15.4. The Morgan fingerprint density at radius 3 is 2.78 bits per heavy atom. The summed E-state index contributed by atoms with van der Waals surface area (Å²) in [5.41, 5.74) is 1.75. The van der Waals surface area contributed by atoms with Crippen LogP contribution in [0.25, 0.3) is 17.1 Å². The molecule has 138 valence electrons. The van der Waals surface area contributed by atoms with Crippen molar-refractivity contribution in [2.45, 2.75) is 12.1 Å². The highest BCUT2D eigenvalue weighted by Crippen LogP contribution is 2.36. The molecule has 0 fully saturated rings. The number of esters is 1. The normalized spacial score (nSPS) is 12.2. The number of carbonyl (C=O) groups is 1. The Bertz CT molecular complexity index is 959. The molecule has 0 radical (unpaired) electrons. The molecule has 8 heteroatoms. The molecule has 0 saturated heterocycles. The Morgan fingerprint density at radius 1 is 1.15 bits per heavy atom. The van der Waals surface area contributed by atoms with Gasteiger partial charge in [0.15, 0.2) is 22.5 Å². The maximum Gasteiger partial charge on any atom is 0.316 e. The van der Waals surface area contributed by atoms with Crippen LogP contribution in [0.5, 0.6) is 11.5 Å². The molecule has 1 aromatic heterocycles. The van der Waals surface area contributed by atoms with E-state index >= 15 is 0 Å². The SMILES string of the molecule is CCOC(=O)CSc1nnc(-c2ccc3c(c2)OCO3)n1-c1ccccc1. The predicted octanol–water partition coefficient (Wildman–Crippen LogP) is 3.32. The fourth-order valence-electron chi connectivity index (χ4n) is 2.72. The van der Waals surface area contributed by atoms with Crippen LogP contribution in [0, 0.1) is 0 Å². The molecule has 3 aromatic rings. The molecular formula is C19H17N3O4S. The Morgan fingerprint density at radius 2 is 1.96 bits per heavy atom. The third-order valence-corrected chi connectivity index (χ3v) is 4.81. The first-order valence-corrected chi connectivity index (χ1v) is 9.44. The smallest absolute Gasteiger partial charge is 0.316 e. The Kier molecular flexibility index (Phi) is 4.97. The minimum atomic E-state index is -0.283. The summed E-state index contributed by atoms with van der Waals surface area (Å²) < 4.78 is 17.8. The standard InChI is InChI=1S/C19H17N3O4S/c1-2-24-17(23)11-27-19-21-20-18(22(19)14-6-4-3-5-7-14)13-8-9-15-16(10-13)26-12-25-15/h3-10H,2,11-12H2,1H3. The number of rotatable bonds is 6. The number of hydrogen-bond donors (Lipinski definition) is 0. The summed E-state index contributed by atoms with van der Waals surface area (Å²) >= 11 is 1.29. The quantitative estimate of drug-likeness (QED) is 0.477. The molecule has 1 aliphatic rings. The van der Waals surface area contributed by atoms with E-state index in [0.717, 1.165) is 11.3 Å². The predicted molar refractivity (Wildman–Crippen MR) is 100 cm³/mol. The molecule has 0 unspecified atom stereocenters. The van der Waals surface area contributed by atoms with Crippen molar-refractivity contribution >= 4 is 17.7 Å². The van der Waals surface area contributed by atoms with Crippen molar-refractivity contribution in [3.63, 3.8) is 0 Å². The first-order valence-electron chi connectivity index (χ1n) is 8.45. The van der Waals surface area contributed by atoms with E-state index in [2.05, 4.69) is 10.2 Å². The van der Waals surface area contributed by atoms with Crippen LogP contribution in [-0.4, -0.2) is 39.9 Å². The second-order valence-corrected chi connectivity index (χ2v) is 6.58. The second kappa shape index (κ2) is 7.71. The number of carbonyl (C=O) groups excluding carboxylic acids is 1. The summed E-state index contributed by atoms with van der Waals surface area (Å²) in [4.78, 5) is 11.7. The number of thioether (sulfide) groups is 1. The molecule has 4 rings (SSSR count). The molecule has 2 aromatic carbocycles. The maximum atomic E-state index is 11.7.